The molecule has 0 aromatic rings. The predicted molar refractivity (Wildman–Crippen MR) is 137 cm³/mol. The molecule has 3 saturated carbocycles. The van der Waals surface area contributed by atoms with Crippen molar-refractivity contribution in [1.29, 1.82) is 0 Å². The topological polar surface area (TPSA) is 83.5 Å². The molecule has 7 heteroatoms. The minimum atomic E-state index is 0.0403. The molecular weight excluding hydrogens is 460 g/mol. The monoisotopic (exact) mass is 508 g/mol. The van der Waals surface area contributed by atoms with Gasteiger partial charge in [-0.1, -0.05) is 19.4 Å². The van der Waals surface area contributed by atoms with Crippen LogP contribution in [0.2, 0.25) is 0 Å². The van der Waals surface area contributed by atoms with E-state index in [1.807, 2.05) is 6.08 Å². The van der Waals surface area contributed by atoms with Crippen molar-refractivity contribution in [2.45, 2.75) is 71.3 Å². The van der Waals surface area contributed by atoms with Crippen LogP contribution in [0.5, 0.6) is 0 Å². The second-order valence-corrected chi connectivity index (χ2v) is 11.6. The van der Waals surface area contributed by atoms with E-state index < -0.39 is 0 Å². The van der Waals surface area contributed by atoms with Gasteiger partial charge in [-0.2, -0.15) is 0 Å². The molecule has 3 fully saturated rings. The lowest BCUT2D eigenvalue weighted by Gasteiger charge is -2.58. The van der Waals surface area contributed by atoms with Crippen molar-refractivity contribution in [2.75, 3.05) is 66.1 Å². The van der Waals surface area contributed by atoms with Crippen LogP contribution >= 0.6 is 0 Å². The van der Waals surface area contributed by atoms with Gasteiger partial charge < -0.3 is 28.8 Å². The van der Waals surface area contributed by atoms with Crippen molar-refractivity contribution in [3.63, 3.8) is 0 Å². The average molecular weight is 509 g/mol. The third kappa shape index (κ3) is 6.41. The van der Waals surface area contributed by atoms with E-state index in [0.717, 1.165) is 43.4 Å². The molecule has 0 unspecified atom stereocenters. The first-order valence-electron chi connectivity index (χ1n) is 14.3. The molecule has 4 aliphatic rings. The molecule has 0 aromatic carbocycles. The predicted octanol–water partition coefficient (Wildman–Crippen LogP) is 3.96. The number of hydrogen-bond donors (Lipinski definition) is 1. The fourth-order valence-electron chi connectivity index (χ4n) is 7.86. The quantitative estimate of drug-likeness (QED) is 0.335. The van der Waals surface area contributed by atoms with Crippen LogP contribution in [0.3, 0.4) is 0 Å². The molecule has 0 heterocycles. The number of fused-ring (bicyclic) bond motifs is 5. The van der Waals surface area contributed by atoms with Crippen LogP contribution in [0, 0.1) is 28.6 Å². The molecule has 0 spiro atoms. The lowest BCUT2D eigenvalue weighted by atomic mass is 9.47. The van der Waals surface area contributed by atoms with E-state index in [2.05, 4.69) is 13.8 Å². The molecule has 0 bridgehead atoms. The van der Waals surface area contributed by atoms with Gasteiger partial charge in [0.05, 0.1) is 72.2 Å². The molecule has 0 amide bonds. The lowest BCUT2D eigenvalue weighted by Crippen LogP contribution is -2.51. The lowest BCUT2D eigenvalue weighted by molar-refractivity contribution is -0.119. The largest absolute Gasteiger partial charge is 0.394 e. The summed E-state index contributed by atoms with van der Waals surface area (Å²) in [6.07, 6.45) is 11.4. The van der Waals surface area contributed by atoms with Crippen LogP contribution in [0.1, 0.15) is 65.2 Å². The maximum atomic E-state index is 12.0. The van der Waals surface area contributed by atoms with Crippen molar-refractivity contribution in [2.24, 2.45) is 28.6 Å². The van der Waals surface area contributed by atoms with Crippen molar-refractivity contribution in [3.8, 4) is 0 Å². The zero-order chi connectivity index (χ0) is 25.4. The second-order valence-electron chi connectivity index (χ2n) is 11.6. The summed E-state index contributed by atoms with van der Waals surface area (Å²) in [5, 5.41) is 8.63. The molecule has 0 aliphatic heterocycles. The molecule has 206 valence electrons. The maximum absolute atomic E-state index is 12.0. The fourth-order valence-corrected chi connectivity index (χ4v) is 7.86. The van der Waals surface area contributed by atoms with Gasteiger partial charge in [-0.15, -0.1) is 0 Å². The smallest absolute Gasteiger partial charge is 0.155 e. The van der Waals surface area contributed by atoms with Crippen molar-refractivity contribution < 1.29 is 33.6 Å². The number of ether oxygens (including phenoxy) is 5. The third-order valence-electron chi connectivity index (χ3n) is 9.77. The Labute approximate surface area is 217 Å². The van der Waals surface area contributed by atoms with Crippen molar-refractivity contribution >= 4 is 5.78 Å². The van der Waals surface area contributed by atoms with Gasteiger partial charge in [0.15, 0.2) is 5.78 Å². The van der Waals surface area contributed by atoms with Gasteiger partial charge in [-0.25, -0.2) is 0 Å². The Morgan fingerprint density at radius 2 is 1.42 bits per heavy atom. The summed E-state index contributed by atoms with van der Waals surface area (Å²) in [6, 6.07) is 0. The van der Waals surface area contributed by atoms with Crippen molar-refractivity contribution in [3.05, 3.63) is 11.6 Å². The van der Waals surface area contributed by atoms with E-state index in [9.17, 15) is 4.79 Å². The standard InChI is InChI=1S/C29H48O7/c1-28-9-7-23(31)21-22(28)3-4-24-25-5-6-27(29(25,2)10-8-26(24)28)36-20-19-35-18-17-34-16-15-33-14-13-32-12-11-30/h21,24-27,30H,3-20H2,1-2H3/t24-,25-,26-,27-,28-,29-/m0/s1. The Balaban J connectivity index is 1.11. The number of aliphatic hydroxyl groups excluding tert-OH is 1. The molecule has 0 aromatic heterocycles. The highest BCUT2D eigenvalue weighted by molar-refractivity contribution is 5.91. The van der Waals surface area contributed by atoms with Crippen LogP contribution in [0.15, 0.2) is 11.6 Å². The molecule has 0 saturated heterocycles. The number of carbonyl (C=O) groups excluding carboxylic acids is 1. The summed E-state index contributed by atoms with van der Waals surface area (Å²) in [5.41, 5.74) is 1.97. The zero-order valence-electron chi connectivity index (χ0n) is 22.5. The van der Waals surface area contributed by atoms with Gasteiger partial charge in [0.25, 0.3) is 0 Å². The number of aliphatic hydroxyl groups is 1. The summed E-state index contributed by atoms with van der Waals surface area (Å²) in [6.45, 7) is 9.77. The molecule has 4 aliphatic carbocycles. The van der Waals surface area contributed by atoms with E-state index >= 15 is 0 Å². The third-order valence-corrected chi connectivity index (χ3v) is 9.77. The van der Waals surface area contributed by atoms with E-state index in [1.54, 1.807) is 0 Å². The summed E-state index contributed by atoms with van der Waals surface area (Å²) in [7, 11) is 0. The molecule has 36 heavy (non-hydrogen) atoms. The first-order chi connectivity index (χ1) is 17.5. The van der Waals surface area contributed by atoms with E-state index in [4.69, 9.17) is 28.8 Å². The normalized spacial score (nSPS) is 35.8. The Morgan fingerprint density at radius 3 is 2.08 bits per heavy atom. The van der Waals surface area contributed by atoms with Gasteiger partial charge in [0.2, 0.25) is 0 Å². The SMILES string of the molecule is C[C@]12CC[C@H]3[C@@H](CCC4=CC(=O)CC[C@@]43C)[C@@H]1CC[C@@H]2OCCOCCOCCOCCOCCO. The fraction of sp³-hybridized carbons (Fsp3) is 0.897. The maximum Gasteiger partial charge on any atom is 0.155 e. The van der Waals surface area contributed by atoms with Gasteiger partial charge in [0, 0.05) is 6.42 Å². The molecule has 6 atom stereocenters. The van der Waals surface area contributed by atoms with Crippen LogP contribution in [0.4, 0.5) is 0 Å². The average Bonchev–Trinajstić information content (AvgIpc) is 3.21. The highest BCUT2D eigenvalue weighted by Crippen LogP contribution is 2.65. The van der Waals surface area contributed by atoms with Gasteiger partial charge in [-0.05, 0) is 79.6 Å². The molecule has 7 nitrogen and oxygen atoms in total. The number of ketones is 1. The minimum absolute atomic E-state index is 0.0403. The Bertz CT molecular complexity index is 739. The first-order valence-corrected chi connectivity index (χ1v) is 14.3. The van der Waals surface area contributed by atoms with Gasteiger partial charge in [0.1, 0.15) is 0 Å². The van der Waals surface area contributed by atoms with Crippen LogP contribution in [-0.4, -0.2) is 83.1 Å². The summed E-state index contributed by atoms with van der Waals surface area (Å²) in [4.78, 5) is 12.0. The minimum Gasteiger partial charge on any atom is -0.394 e. The summed E-state index contributed by atoms with van der Waals surface area (Å²) < 4.78 is 28.2. The summed E-state index contributed by atoms with van der Waals surface area (Å²) in [5.74, 6) is 2.60. The first kappa shape index (κ1) is 28.2. The van der Waals surface area contributed by atoms with Gasteiger partial charge in [-0.3, -0.25) is 4.79 Å². The van der Waals surface area contributed by atoms with Crippen molar-refractivity contribution in [1.82, 2.24) is 0 Å². The van der Waals surface area contributed by atoms with Crippen LogP contribution in [-0.2, 0) is 28.5 Å². The van der Waals surface area contributed by atoms with Crippen LogP contribution in [0.25, 0.3) is 0 Å². The van der Waals surface area contributed by atoms with E-state index in [0.29, 0.717) is 71.3 Å². The molecule has 1 N–H and O–H groups in total. The number of carbonyl (C=O) groups is 1. The Morgan fingerprint density at radius 1 is 0.778 bits per heavy atom. The second kappa shape index (κ2) is 13.3. The highest BCUT2D eigenvalue weighted by atomic mass is 16.6. The van der Waals surface area contributed by atoms with E-state index in [-0.39, 0.29) is 17.4 Å². The Hall–Kier alpha value is -0.830. The number of hydrogen-bond acceptors (Lipinski definition) is 7. The number of allylic oxidation sites excluding steroid dienone is 1. The number of rotatable bonds is 15. The molecular formula is C29H48O7. The summed E-state index contributed by atoms with van der Waals surface area (Å²) >= 11 is 0. The van der Waals surface area contributed by atoms with Gasteiger partial charge >= 0.3 is 0 Å². The Kier molecular flexibility index (Phi) is 10.4. The highest BCUT2D eigenvalue weighted by Gasteiger charge is 2.59. The van der Waals surface area contributed by atoms with Crippen LogP contribution < -0.4 is 0 Å². The van der Waals surface area contributed by atoms with E-state index in [1.165, 1.54) is 31.3 Å². The zero-order valence-corrected chi connectivity index (χ0v) is 22.5. The molecule has 0 radical (unpaired) electrons. The molecule has 4 rings (SSSR count).